The maximum Gasteiger partial charge on any atom is 0.418 e. The number of nitrogens with one attached hydrogen (secondary N) is 1. The van der Waals surface area contributed by atoms with Gasteiger partial charge in [-0.05, 0) is 55.0 Å². The largest absolute Gasteiger partial charge is 0.418 e. The van der Waals surface area contributed by atoms with Crippen molar-refractivity contribution < 1.29 is 26.7 Å². The Morgan fingerprint density at radius 3 is 2.50 bits per heavy atom. The molecule has 1 fully saturated rings. The summed E-state index contributed by atoms with van der Waals surface area (Å²) in [5.41, 5.74) is 0.207. The molecule has 0 unspecified atom stereocenters. The predicted molar refractivity (Wildman–Crippen MR) is 127 cm³/mol. The number of hydrogen-bond donors (Lipinski definition) is 2. The molecule has 0 saturated carbocycles. The summed E-state index contributed by atoms with van der Waals surface area (Å²) in [5.74, 6) is 0.405. The Kier molecular flexibility index (Phi) is 6.10. The molecule has 0 bridgehead atoms. The molecule has 1 aliphatic rings. The second-order valence-electron chi connectivity index (χ2n) is 8.31. The minimum absolute atomic E-state index is 0.0697. The number of alkyl halides is 3. The zero-order valence-electron chi connectivity index (χ0n) is 18.6. The van der Waals surface area contributed by atoms with Gasteiger partial charge in [-0.15, -0.1) is 0 Å². The van der Waals surface area contributed by atoms with Crippen molar-refractivity contribution in [2.75, 3.05) is 18.4 Å². The second kappa shape index (κ2) is 9.12. The molecular weight excluding hydrogens is 495 g/mol. The predicted octanol–water partition coefficient (Wildman–Crippen LogP) is 4.21. The van der Waals surface area contributed by atoms with Gasteiger partial charge >= 0.3 is 6.18 Å². The number of halogens is 3. The monoisotopic (exact) mass is 515 g/mol. The van der Waals surface area contributed by atoms with Gasteiger partial charge in [0.15, 0.2) is 0 Å². The van der Waals surface area contributed by atoms with E-state index in [1.165, 1.54) is 47.2 Å². The SMILES string of the molecule is O=S(=O)(c1ccc(Nc2ncnc3cc(-c4ncccc4C(F)(F)F)ccc23)cc1)N1CC[C@H](O)C1. The molecule has 5 rings (SSSR count). The van der Waals surface area contributed by atoms with Gasteiger partial charge in [-0.3, -0.25) is 4.98 Å². The first-order chi connectivity index (χ1) is 17.1. The lowest BCUT2D eigenvalue weighted by Gasteiger charge is -2.16. The van der Waals surface area contributed by atoms with E-state index in [2.05, 4.69) is 20.3 Å². The van der Waals surface area contributed by atoms with Gasteiger partial charge in [-0.2, -0.15) is 17.5 Å². The highest BCUT2D eigenvalue weighted by atomic mass is 32.2. The molecule has 0 radical (unpaired) electrons. The fraction of sp³-hybridized carbons (Fsp3) is 0.208. The van der Waals surface area contributed by atoms with E-state index in [0.29, 0.717) is 28.8 Å². The summed E-state index contributed by atoms with van der Waals surface area (Å²) < 4.78 is 67.1. The number of aromatic nitrogens is 3. The quantitative estimate of drug-likeness (QED) is 0.410. The highest BCUT2D eigenvalue weighted by Gasteiger charge is 2.34. The minimum atomic E-state index is -4.55. The third-order valence-corrected chi connectivity index (χ3v) is 7.78. The van der Waals surface area contributed by atoms with Crippen LogP contribution >= 0.6 is 0 Å². The number of benzene rings is 2. The van der Waals surface area contributed by atoms with Gasteiger partial charge in [0.05, 0.1) is 27.8 Å². The zero-order valence-corrected chi connectivity index (χ0v) is 19.5. The summed E-state index contributed by atoms with van der Waals surface area (Å²) in [6.45, 7) is 0.335. The van der Waals surface area contributed by atoms with Crippen LogP contribution in [0, 0.1) is 0 Å². The molecule has 3 heterocycles. The molecule has 8 nitrogen and oxygen atoms in total. The van der Waals surface area contributed by atoms with E-state index in [0.717, 1.165) is 6.07 Å². The number of rotatable bonds is 5. The van der Waals surface area contributed by atoms with Crippen LogP contribution in [-0.4, -0.2) is 52.0 Å². The lowest BCUT2D eigenvalue weighted by atomic mass is 10.0. The molecule has 0 aliphatic carbocycles. The number of nitrogens with zero attached hydrogens (tertiary/aromatic N) is 4. The molecule has 1 aliphatic heterocycles. The van der Waals surface area contributed by atoms with E-state index < -0.39 is 27.9 Å². The smallest absolute Gasteiger partial charge is 0.392 e. The summed E-state index contributed by atoms with van der Waals surface area (Å²) in [6, 6.07) is 13.0. The normalized spacial score (nSPS) is 16.9. The minimum Gasteiger partial charge on any atom is -0.392 e. The summed E-state index contributed by atoms with van der Waals surface area (Å²) >= 11 is 0. The molecule has 2 N–H and O–H groups in total. The Morgan fingerprint density at radius 1 is 1.03 bits per heavy atom. The number of β-amino-alcohol motifs (C(OH)–C–C–N with tert-alkyl or cyclic N) is 1. The fourth-order valence-corrected chi connectivity index (χ4v) is 5.59. The molecule has 2 aromatic heterocycles. The second-order valence-corrected chi connectivity index (χ2v) is 10.2. The summed E-state index contributed by atoms with van der Waals surface area (Å²) in [7, 11) is -3.71. The van der Waals surface area contributed by atoms with Crippen LogP contribution in [0.5, 0.6) is 0 Å². The third kappa shape index (κ3) is 4.62. The molecule has 186 valence electrons. The molecule has 0 spiro atoms. The number of fused-ring (bicyclic) bond motifs is 1. The molecular formula is C24H20F3N5O3S. The Morgan fingerprint density at radius 2 is 1.81 bits per heavy atom. The first-order valence-corrected chi connectivity index (χ1v) is 12.4. The van der Waals surface area contributed by atoms with E-state index in [-0.39, 0.29) is 29.2 Å². The summed E-state index contributed by atoms with van der Waals surface area (Å²) in [5, 5.41) is 13.3. The van der Waals surface area contributed by atoms with E-state index in [1.807, 2.05) is 0 Å². The number of anilines is 2. The zero-order chi connectivity index (χ0) is 25.5. The van der Waals surface area contributed by atoms with Crippen molar-refractivity contribution in [1.82, 2.24) is 19.3 Å². The molecule has 4 aromatic rings. The van der Waals surface area contributed by atoms with Crippen LogP contribution in [0.4, 0.5) is 24.7 Å². The van der Waals surface area contributed by atoms with Crippen molar-refractivity contribution in [2.45, 2.75) is 23.6 Å². The Labute approximate surface area is 204 Å². The van der Waals surface area contributed by atoms with Crippen LogP contribution in [0.15, 0.2) is 72.0 Å². The van der Waals surface area contributed by atoms with Crippen molar-refractivity contribution in [3.05, 3.63) is 72.7 Å². The fourth-order valence-electron chi connectivity index (χ4n) is 4.09. The van der Waals surface area contributed by atoms with Gasteiger partial charge in [0.25, 0.3) is 0 Å². The number of aliphatic hydroxyl groups excluding tert-OH is 1. The van der Waals surface area contributed by atoms with Crippen LogP contribution in [0.25, 0.3) is 22.2 Å². The van der Waals surface area contributed by atoms with Crippen LogP contribution in [0.3, 0.4) is 0 Å². The number of sulfonamides is 1. The standard InChI is InChI=1S/C24H20F3N5O3S/c25-24(26,27)20-2-1-10-28-22(20)15-3-8-19-21(12-15)29-14-30-23(19)31-16-4-6-18(7-5-16)36(34,35)32-11-9-17(33)13-32/h1-8,10,12,14,17,33H,9,11,13H2,(H,29,30,31)/t17-/m0/s1. The molecule has 2 aromatic carbocycles. The highest BCUT2D eigenvalue weighted by Crippen LogP contribution is 2.37. The van der Waals surface area contributed by atoms with Gasteiger partial charge in [0.2, 0.25) is 10.0 Å². The van der Waals surface area contributed by atoms with Crippen molar-refractivity contribution in [3.63, 3.8) is 0 Å². The van der Waals surface area contributed by atoms with Crippen LogP contribution in [-0.2, 0) is 16.2 Å². The van der Waals surface area contributed by atoms with Gasteiger partial charge in [-0.1, -0.05) is 6.07 Å². The van der Waals surface area contributed by atoms with Gasteiger partial charge in [0, 0.05) is 35.9 Å². The lowest BCUT2D eigenvalue weighted by Crippen LogP contribution is -2.29. The summed E-state index contributed by atoms with van der Waals surface area (Å²) in [6.07, 6.45) is -2.22. The molecule has 36 heavy (non-hydrogen) atoms. The number of pyridine rings is 1. The number of aliphatic hydroxyl groups is 1. The van der Waals surface area contributed by atoms with Crippen molar-refractivity contribution in [3.8, 4) is 11.3 Å². The van der Waals surface area contributed by atoms with Crippen LogP contribution in [0.2, 0.25) is 0 Å². The molecule has 12 heteroatoms. The molecule has 1 saturated heterocycles. The maximum atomic E-state index is 13.4. The molecule has 1 atom stereocenters. The van der Waals surface area contributed by atoms with Crippen molar-refractivity contribution >= 4 is 32.4 Å². The van der Waals surface area contributed by atoms with Crippen molar-refractivity contribution in [2.24, 2.45) is 0 Å². The Bertz CT molecular complexity index is 1530. The van der Waals surface area contributed by atoms with E-state index in [4.69, 9.17) is 0 Å². The third-order valence-electron chi connectivity index (χ3n) is 5.90. The Balaban J connectivity index is 1.42. The van der Waals surface area contributed by atoms with E-state index >= 15 is 0 Å². The van der Waals surface area contributed by atoms with E-state index in [9.17, 15) is 26.7 Å². The highest BCUT2D eigenvalue weighted by molar-refractivity contribution is 7.89. The van der Waals surface area contributed by atoms with Crippen molar-refractivity contribution in [1.29, 1.82) is 0 Å². The lowest BCUT2D eigenvalue weighted by molar-refractivity contribution is -0.137. The Hall–Kier alpha value is -3.61. The van der Waals surface area contributed by atoms with Gasteiger partial charge < -0.3 is 10.4 Å². The van der Waals surface area contributed by atoms with Crippen LogP contribution < -0.4 is 5.32 Å². The summed E-state index contributed by atoms with van der Waals surface area (Å²) in [4.78, 5) is 12.5. The van der Waals surface area contributed by atoms with E-state index in [1.54, 1.807) is 18.2 Å². The average molecular weight is 516 g/mol. The topological polar surface area (TPSA) is 108 Å². The first-order valence-electron chi connectivity index (χ1n) is 11.0. The average Bonchev–Trinajstić information content (AvgIpc) is 3.31. The van der Waals surface area contributed by atoms with Gasteiger partial charge in [-0.25, -0.2) is 18.4 Å². The molecule has 0 amide bonds. The maximum absolute atomic E-state index is 13.4. The van der Waals surface area contributed by atoms with Crippen LogP contribution in [0.1, 0.15) is 12.0 Å². The number of hydrogen-bond acceptors (Lipinski definition) is 7. The first kappa shape index (κ1) is 24.1. The van der Waals surface area contributed by atoms with Gasteiger partial charge in [0.1, 0.15) is 12.1 Å².